The Bertz CT molecular complexity index is 743. The summed E-state index contributed by atoms with van der Waals surface area (Å²) in [6.07, 6.45) is 1.64. The standard InChI is InChI=1S/C19H22N2O5/c1-12(19(24)25)13(2)20-17(22)15(11-14-7-4-3-5-8-14)21-18(23)16-9-6-10-26-16/h3-10,12-13,15H,11H2,1-2H3,(H,20,22)(H,21,23)(H,24,25). The molecular weight excluding hydrogens is 336 g/mol. The average molecular weight is 358 g/mol. The maximum absolute atomic E-state index is 12.6. The summed E-state index contributed by atoms with van der Waals surface area (Å²) in [6, 6.07) is 10.9. The number of amides is 2. The molecule has 7 nitrogen and oxygen atoms in total. The number of nitrogens with one attached hydrogen (secondary N) is 2. The third-order valence-electron chi connectivity index (χ3n) is 4.16. The summed E-state index contributed by atoms with van der Waals surface area (Å²) in [5, 5.41) is 14.4. The molecule has 0 aliphatic rings. The van der Waals surface area contributed by atoms with Crippen molar-refractivity contribution in [1.82, 2.24) is 10.6 Å². The van der Waals surface area contributed by atoms with Gasteiger partial charge in [0, 0.05) is 12.5 Å². The highest BCUT2D eigenvalue weighted by molar-refractivity contribution is 5.95. The maximum Gasteiger partial charge on any atom is 0.308 e. The highest BCUT2D eigenvalue weighted by atomic mass is 16.4. The molecule has 0 radical (unpaired) electrons. The van der Waals surface area contributed by atoms with Crippen LogP contribution in [0.3, 0.4) is 0 Å². The van der Waals surface area contributed by atoms with Crippen molar-refractivity contribution in [1.29, 1.82) is 0 Å². The van der Waals surface area contributed by atoms with Gasteiger partial charge in [-0.3, -0.25) is 14.4 Å². The summed E-state index contributed by atoms with van der Waals surface area (Å²) < 4.78 is 5.06. The van der Waals surface area contributed by atoms with Crippen molar-refractivity contribution in [3.63, 3.8) is 0 Å². The van der Waals surface area contributed by atoms with Crippen LogP contribution < -0.4 is 10.6 Å². The van der Waals surface area contributed by atoms with Crippen molar-refractivity contribution in [2.45, 2.75) is 32.4 Å². The molecule has 0 spiro atoms. The lowest BCUT2D eigenvalue weighted by atomic mass is 10.0. The molecule has 3 atom stereocenters. The second-order valence-corrected chi connectivity index (χ2v) is 6.12. The van der Waals surface area contributed by atoms with Crippen molar-refractivity contribution in [3.05, 3.63) is 60.1 Å². The van der Waals surface area contributed by atoms with E-state index >= 15 is 0 Å². The van der Waals surface area contributed by atoms with E-state index in [9.17, 15) is 14.4 Å². The van der Waals surface area contributed by atoms with Crippen LogP contribution in [0.1, 0.15) is 30.0 Å². The third-order valence-corrected chi connectivity index (χ3v) is 4.16. The number of carboxylic acid groups (broad SMARTS) is 1. The lowest BCUT2D eigenvalue weighted by Gasteiger charge is -2.23. The molecule has 1 heterocycles. The first-order chi connectivity index (χ1) is 12.4. The fraction of sp³-hybridized carbons (Fsp3) is 0.316. The summed E-state index contributed by atoms with van der Waals surface area (Å²) in [7, 11) is 0. The van der Waals surface area contributed by atoms with Crippen LogP contribution in [-0.2, 0) is 16.0 Å². The van der Waals surface area contributed by atoms with Gasteiger partial charge in [-0.15, -0.1) is 0 Å². The summed E-state index contributed by atoms with van der Waals surface area (Å²) in [5.74, 6) is -2.61. The Kier molecular flexibility index (Phi) is 6.54. The molecule has 3 unspecified atom stereocenters. The van der Waals surface area contributed by atoms with Crippen LogP contribution in [0.25, 0.3) is 0 Å². The molecule has 3 N–H and O–H groups in total. The lowest BCUT2D eigenvalue weighted by molar-refractivity contribution is -0.142. The monoisotopic (exact) mass is 358 g/mol. The zero-order valence-electron chi connectivity index (χ0n) is 14.6. The molecule has 26 heavy (non-hydrogen) atoms. The summed E-state index contributed by atoms with van der Waals surface area (Å²) >= 11 is 0. The van der Waals surface area contributed by atoms with Gasteiger partial charge >= 0.3 is 5.97 Å². The largest absolute Gasteiger partial charge is 0.481 e. The van der Waals surface area contributed by atoms with Gasteiger partial charge in [-0.2, -0.15) is 0 Å². The topological polar surface area (TPSA) is 109 Å². The number of rotatable bonds is 8. The Balaban J connectivity index is 2.12. The first kappa shape index (κ1) is 19.2. The third kappa shape index (κ3) is 5.20. The van der Waals surface area contributed by atoms with Gasteiger partial charge in [0.05, 0.1) is 12.2 Å². The second kappa shape index (κ2) is 8.84. The molecule has 2 amide bonds. The minimum Gasteiger partial charge on any atom is -0.481 e. The Morgan fingerprint density at radius 2 is 1.73 bits per heavy atom. The SMILES string of the molecule is CC(NC(=O)C(Cc1ccccc1)NC(=O)c1ccco1)C(C)C(=O)O. The Morgan fingerprint density at radius 3 is 2.31 bits per heavy atom. The van der Waals surface area contributed by atoms with Crippen LogP contribution in [0.4, 0.5) is 0 Å². The number of carbonyl (C=O) groups is 3. The average Bonchev–Trinajstić information content (AvgIpc) is 3.15. The number of carboxylic acids is 1. The van der Waals surface area contributed by atoms with Crippen molar-refractivity contribution in [2.24, 2.45) is 5.92 Å². The highest BCUT2D eigenvalue weighted by Crippen LogP contribution is 2.08. The molecule has 0 saturated carbocycles. The van der Waals surface area contributed by atoms with Gasteiger partial charge in [-0.25, -0.2) is 0 Å². The zero-order valence-corrected chi connectivity index (χ0v) is 14.6. The molecule has 2 aromatic rings. The number of benzene rings is 1. The number of hydrogen-bond donors (Lipinski definition) is 3. The molecule has 7 heteroatoms. The van der Waals surface area contributed by atoms with Crippen molar-refractivity contribution >= 4 is 17.8 Å². The molecule has 0 aliphatic carbocycles. The van der Waals surface area contributed by atoms with Crippen LogP contribution in [0.5, 0.6) is 0 Å². The summed E-state index contributed by atoms with van der Waals surface area (Å²) in [4.78, 5) is 36.0. The van der Waals surface area contributed by atoms with E-state index in [1.807, 2.05) is 30.3 Å². The van der Waals surface area contributed by atoms with Crippen molar-refractivity contribution < 1.29 is 23.9 Å². The Hall–Kier alpha value is -3.09. The van der Waals surface area contributed by atoms with E-state index in [2.05, 4.69) is 10.6 Å². The minimum absolute atomic E-state index is 0.0998. The van der Waals surface area contributed by atoms with E-state index < -0.39 is 35.8 Å². The summed E-state index contributed by atoms with van der Waals surface area (Å²) in [5.41, 5.74) is 0.867. The normalized spacial score (nSPS) is 14.1. The van der Waals surface area contributed by atoms with Gasteiger partial charge in [0.25, 0.3) is 5.91 Å². The molecule has 1 aromatic carbocycles. The zero-order chi connectivity index (χ0) is 19.1. The smallest absolute Gasteiger partial charge is 0.308 e. The fourth-order valence-electron chi connectivity index (χ4n) is 2.36. The highest BCUT2D eigenvalue weighted by Gasteiger charge is 2.27. The minimum atomic E-state index is -1.00. The van der Waals surface area contributed by atoms with Gasteiger partial charge in [0.2, 0.25) is 5.91 Å². The molecule has 0 aliphatic heterocycles. The van der Waals surface area contributed by atoms with Crippen LogP contribution in [-0.4, -0.2) is 35.0 Å². The van der Waals surface area contributed by atoms with Crippen LogP contribution in [0.15, 0.2) is 53.1 Å². The Morgan fingerprint density at radius 1 is 1.04 bits per heavy atom. The van der Waals surface area contributed by atoms with E-state index in [0.29, 0.717) is 0 Å². The van der Waals surface area contributed by atoms with Crippen molar-refractivity contribution in [3.8, 4) is 0 Å². The molecule has 0 saturated heterocycles. The van der Waals surface area contributed by atoms with Gasteiger partial charge < -0.3 is 20.2 Å². The van der Waals surface area contributed by atoms with Crippen LogP contribution >= 0.6 is 0 Å². The van der Waals surface area contributed by atoms with E-state index in [0.717, 1.165) is 5.56 Å². The fourth-order valence-corrected chi connectivity index (χ4v) is 2.36. The molecule has 1 aromatic heterocycles. The molecule has 138 valence electrons. The molecule has 0 fully saturated rings. The molecular formula is C19H22N2O5. The van der Waals surface area contributed by atoms with Crippen LogP contribution in [0.2, 0.25) is 0 Å². The van der Waals surface area contributed by atoms with Crippen LogP contribution in [0, 0.1) is 5.92 Å². The number of carbonyl (C=O) groups excluding carboxylic acids is 2. The first-order valence-corrected chi connectivity index (χ1v) is 8.30. The number of aliphatic carboxylic acids is 1. The molecule has 2 rings (SSSR count). The predicted molar refractivity (Wildman–Crippen MR) is 94.5 cm³/mol. The quantitative estimate of drug-likeness (QED) is 0.667. The van der Waals surface area contributed by atoms with Gasteiger partial charge in [0.1, 0.15) is 6.04 Å². The Labute approximate surface area is 151 Å². The maximum atomic E-state index is 12.6. The lowest BCUT2D eigenvalue weighted by Crippen LogP contribution is -2.52. The van der Waals surface area contributed by atoms with E-state index in [4.69, 9.17) is 9.52 Å². The number of furan rings is 1. The second-order valence-electron chi connectivity index (χ2n) is 6.12. The van der Waals surface area contributed by atoms with E-state index in [1.54, 1.807) is 13.0 Å². The molecule has 0 bridgehead atoms. The van der Waals surface area contributed by atoms with Crippen molar-refractivity contribution in [2.75, 3.05) is 0 Å². The predicted octanol–water partition coefficient (Wildman–Crippen LogP) is 1.85. The number of hydrogen-bond acceptors (Lipinski definition) is 4. The van der Waals surface area contributed by atoms with Gasteiger partial charge in [-0.1, -0.05) is 30.3 Å². The van der Waals surface area contributed by atoms with E-state index in [-0.39, 0.29) is 12.2 Å². The van der Waals surface area contributed by atoms with Gasteiger partial charge in [-0.05, 0) is 31.5 Å². The van der Waals surface area contributed by atoms with E-state index in [1.165, 1.54) is 19.3 Å². The first-order valence-electron chi connectivity index (χ1n) is 8.30. The summed E-state index contributed by atoms with van der Waals surface area (Å²) in [6.45, 7) is 3.13. The van der Waals surface area contributed by atoms with Gasteiger partial charge in [0.15, 0.2) is 5.76 Å².